The first-order valence-electron chi connectivity index (χ1n) is 9.19. The monoisotopic (exact) mass is 363 g/mol. The van der Waals surface area contributed by atoms with E-state index in [4.69, 9.17) is 10.9 Å². The Morgan fingerprint density at radius 3 is 2.38 bits per heavy atom. The van der Waals surface area contributed by atoms with Gasteiger partial charge in [0.1, 0.15) is 6.04 Å². The van der Waals surface area contributed by atoms with E-state index in [1.807, 2.05) is 20.8 Å². The molecule has 2 amide bonds. The maximum Gasteiger partial charge on any atom is 0.266 e. The molecule has 0 saturated heterocycles. The summed E-state index contributed by atoms with van der Waals surface area (Å²) in [4.78, 5) is 26.4. The summed E-state index contributed by atoms with van der Waals surface area (Å²) in [6.07, 6.45) is 3.43. The molecule has 6 heteroatoms. The Morgan fingerprint density at radius 2 is 1.85 bits per heavy atom. The van der Waals surface area contributed by atoms with E-state index in [9.17, 15) is 9.59 Å². The smallest absolute Gasteiger partial charge is 0.266 e. The Kier molecular flexibility index (Phi) is 8.75. The second-order valence-corrected chi connectivity index (χ2v) is 7.56. The molecule has 6 nitrogen and oxygen atoms in total. The number of nitrogens with two attached hydrogens (primary N) is 1. The van der Waals surface area contributed by atoms with Gasteiger partial charge in [0.15, 0.2) is 0 Å². The van der Waals surface area contributed by atoms with Crippen LogP contribution < -0.4 is 11.2 Å². The summed E-state index contributed by atoms with van der Waals surface area (Å²) in [6, 6.07) is 7.59. The molecule has 0 fully saturated rings. The minimum Gasteiger partial charge on any atom is -0.333 e. The van der Waals surface area contributed by atoms with Crippen molar-refractivity contribution in [2.45, 2.75) is 58.9 Å². The molecule has 0 aliphatic rings. The highest BCUT2D eigenvalue weighted by molar-refractivity contribution is 5.89. The number of benzene rings is 1. The fourth-order valence-electron chi connectivity index (χ4n) is 2.99. The van der Waals surface area contributed by atoms with Gasteiger partial charge in [0.25, 0.3) is 5.91 Å². The van der Waals surface area contributed by atoms with Gasteiger partial charge in [-0.05, 0) is 51.1 Å². The number of nitrogens with one attached hydrogen (secondary N) is 1. The number of amides is 2. The topological polar surface area (TPSA) is 95.7 Å². The van der Waals surface area contributed by atoms with Crippen molar-refractivity contribution in [3.8, 4) is 0 Å². The van der Waals surface area contributed by atoms with E-state index in [2.05, 4.69) is 24.3 Å². The van der Waals surface area contributed by atoms with E-state index in [1.165, 1.54) is 16.0 Å². The molecule has 0 saturated carbocycles. The zero-order valence-electron chi connectivity index (χ0n) is 16.4. The van der Waals surface area contributed by atoms with Crippen molar-refractivity contribution < 1.29 is 14.8 Å². The van der Waals surface area contributed by atoms with Gasteiger partial charge in [0, 0.05) is 12.5 Å². The first-order chi connectivity index (χ1) is 12.2. The predicted octanol–water partition coefficient (Wildman–Crippen LogP) is 2.42. The van der Waals surface area contributed by atoms with Crippen LogP contribution in [0.25, 0.3) is 0 Å². The van der Waals surface area contributed by atoms with E-state index in [1.54, 1.807) is 12.5 Å². The Morgan fingerprint density at radius 1 is 1.23 bits per heavy atom. The largest absolute Gasteiger partial charge is 0.333 e. The molecule has 0 aliphatic heterocycles. The van der Waals surface area contributed by atoms with Gasteiger partial charge in [-0.15, -0.1) is 0 Å². The Balaban J connectivity index is 2.76. The summed E-state index contributed by atoms with van der Waals surface area (Å²) in [7, 11) is 1.62. The summed E-state index contributed by atoms with van der Waals surface area (Å²) in [5, 5.41) is 9.01. The van der Waals surface area contributed by atoms with Crippen LogP contribution in [-0.2, 0) is 16.0 Å². The maximum atomic E-state index is 13.0. The predicted molar refractivity (Wildman–Crippen MR) is 103 cm³/mol. The van der Waals surface area contributed by atoms with Gasteiger partial charge >= 0.3 is 0 Å². The van der Waals surface area contributed by atoms with Gasteiger partial charge in [-0.1, -0.05) is 43.7 Å². The molecule has 0 aromatic heterocycles. The number of hydroxylamine groups is 1. The van der Waals surface area contributed by atoms with Gasteiger partial charge in [-0.3, -0.25) is 14.8 Å². The number of hydrogen-bond donors (Lipinski definition) is 3. The van der Waals surface area contributed by atoms with Crippen molar-refractivity contribution >= 4 is 11.8 Å². The van der Waals surface area contributed by atoms with Crippen LogP contribution in [-0.4, -0.2) is 41.6 Å². The molecule has 0 radical (unpaired) electrons. The van der Waals surface area contributed by atoms with Crippen molar-refractivity contribution in [2.75, 3.05) is 13.6 Å². The molecule has 1 aromatic rings. The number of unbranched alkanes of at least 4 members (excludes halogenated alkanes) is 1. The van der Waals surface area contributed by atoms with Crippen molar-refractivity contribution in [3.05, 3.63) is 35.4 Å². The van der Waals surface area contributed by atoms with Crippen LogP contribution in [0.15, 0.2) is 24.3 Å². The van der Waals surface area contributed by atoms with Crippen molar-refractivity contribution in [1.82, 2.24) is 10.4 Å². The summed E-state index contributed by atoms with van der Waals surface area (Å²) >= 11 is 0. The lowest BCUT2D eigenvalue weighted by molar-refractivity contribution is -0.149. The molecule has 1 aromatic carbocycles. The number of aryl methyl sites for hydroxylation is 2. The van der Waals surface area contributed by atoms with E-state index in [-0.39, 0.29) is 5.91 Å². The number of hydrogen-bond acceptors (Lipinski definition) is 4. The third-order valence-electron chi connectivity index (χ3n) is 4.87. The normalized spacial score (nSPS) is 12.5. The van der Waals surface area contributed by atoms with Crippen LogP contribution in [0.1, 0.15) is 50.7 Å². The van der Waals surface area contributed by atoms with Crippen LogP contribution in [0.5, 0.6) is 0 Å². The van der Waals surface area contributed by atoms with Gasteiger partial charge in [-0.2, -0.15) is 0 Å². The molecule has 0 bridgehead atoms. The number of carbonyl (C=O) groups is 2. The number of nitrogens with zero attached hydrogens (tertiary/aromatic N) is 1. The fourth-order valence-corrected chi connectivity index (χ4v) is 2.99. The molecule has 0 heterocycles. The number of likely N-dealkylation sites (N-methyl/N-ethyl adjacent to an activating group) is 1. The Bertz CT molecular complexity index is 584. The molecular weight excluding hydrogens is 330 g/mol. The Hall–Kier alpha value is -1.92. The van der Waals surface area contributed by atoms with Crippen LogP contribution in [0.4, 0.5) is 0 Å². The van der Waals surface area contributed by atoms with Crippen molar-refractivity contribution in [2.24, 2.45) is 11.1 Å². The highest BCUT2D eigenvalue weighted by Crippen LogP contribution is 2.27. The van der Waals surface area contributed by atoms with Crippen molar-refractivity contribution in [1.29, 1.82) is 0 Å². The summed E-state index contributed by atoms with van der Waals surface area (Å²) < 4.78 is 0. The van der Waals surface area contributed by atoms with Crippen LogP contribution in [0.3, 0.4) is 0 Å². The van der Waals surface area contributed by atoms with E-state index in [0.29, 0.717) is 19.4 Å². The fraction of sp³-hybridized carbons (Fsp3) is 0.600. The quantitative estimate of drug-likeness (QED) is 0.338. The third kappa shape index (κ3) is 6.42. The van der Waals surface area contributed by atoms with Crippen molar-refractivity contribution in [3.63, 3.8) is 0 Å². The number of carbonyl (C=O) groups excluding carboxylic acids is 2. The van der Waals surface area contributed by atoms with Gasteiger partial charge in [0.2, 0.25) is 5.91 Å². The van der Waals surface area contributed by atoms with Crippen LogP contribution >= 0.6 is 0 Å². The van der Waals surface area contributed by atoms with E-state index >= 15 is 0 Å². The first-order valence-corrected chi connectivity index (χ1v) is 9.19. The Labute approximate surface area is 156 Å². The van der Waals surface area contributed by atoms with Gasteiger partial charge < -0.3 is 10.6 Å². The summed E-state index contributed by atoms with van der Waals surface area (Å²) in [5.41, 5.74) is 8.97. The molecule has 146 valence electrons. The highest BCUT2D eigenvalue weighted by atomic mass is 16.5. The maximum absolute atomic E-state index is 13.0. The SMILES string of the molecule is Cc1ccc(CCC(C)(C)C(=O)N(C)[C@H](CCCCN)C(=O)NO)cc1. The van der Waals surface area contributed by atoms with Crippen LogP contribution in [0.2, 0.25) is 0 Å². The average Bonchev–Trinajstić information content (AvgIpc) is 2.63. The zero-order valence-corrected chi connectivity index (χ0v) is 16.4. The summed E-state index contributed by atoms with van der Waals surface area (Å²) in [6.45, 7) is 6.37. The molecule has 0 aliphatic carbocycles. The second kappa shape index (κ2) is 10.3. The zero-order chi connectivity index (χ0) is 19.7. The second-order valence-electron chi connectivity index (χ2n) is 7.56. The molecule has 26 heavy (non-hydrogen) atoms. The lowest BCUT2D eigenvalue weighted by Gasteiger charge is -2.34. The lowest BCUT2D eigenvalue weighted by Crippen LogP contribution is -2.50. The van der Waals surface area contributed by atoms with E-state index < -0.39 is 17.4 Å². The molecule has 0 spiro atoms. The molecule has 0 unspecified atom stereocenters. The molecule has 4 N–H and O–H groups in total. The first kappa shape index (κ1) is 22.1. The average molecular weight is 364 g/mol. The third-order valence-corrected chi connectivity index (χ3v) is 4.87. The number of rotatable bonds is 10. The van der Waals surface area contributed by atoms with Crippen LogP contribution in [0, 0.1) is 12.3 Å². The minimum atomic E-state index is -0.697. The summed E-state index contributed by atoms with van der Waals surface area (Å²) in [5.74, 6) is -0.668. The highest BCUT2D eigenvalue weighted by Gasteiger charge is 2.35. The molecule has 1 rings (SSSR count). The lowest BCUT2D eigenvalue weighted by atomic mass is 9.84. The van der Waals surface area contributed by atoms with Gasteiger partial charge in [-0.25, -0.2) is 5.48 Å². The minimum absolute atomic E-state index is 0.106. The van der Waals surface area contributed by atoms with E-state index in [0.717, 1.165) is 19.3 Å². The standard InChI is InChI=1S/C20H33N3O3/c1-15-8-10-16(11-9-15)12-13-20(2,3)19(25)23(4)17(18(24)22-26)7-5-6-14-21/h8-11,17,26H,5-7,12-14,21H2,1-4H3,(H,22,24)/t17-/m1/s1. The van der Waals surface area contributed by atoms with Gasteiger partial charge in [0.05, 0.1) is 0 Å². The molecule has 1 atom stereocenters. The molecular formula is C20H33N3O3.